The van der Waals surface area contributed by atoms with Crippen molar-refractivity contribution in [2.24, 2.45) is 0 Å². The van der Waals surface area contributed by atoms with Gasteiger partial charge in [-0.1, -0.05) is 0 Å². The van der Waals surface area contributed by atoms with Crippen LogP contribution < -0.4 is 16.0 Å². The zero-order valence-corrected chi connectivity index (χ0v) is 11.5. The Bertz CT molecular complexity index is 724. The molecule has 0 saturated heterocycles. The molecule has 0 aliphatic rings. The molecule has 0 fully saturated rings. The average molecular weight is 289 g/mol. The van der Waals surface area contributed by atoms with Crippen molar-refractivity contribution in [3.05, 3.63) is 62.6 Å². The molecule has 110 valence electrons. The number of rotatable bonds is 5. The van der Waals surface area contributed by atoms with Gasteiger partial charge in [-0.25, -0.2) is 0 Å². The van der Waals surface area contributed by atoms with Gasteiger partial charge in [-0.2, -0.15) is 0 Å². The van der Waals surface area contributed by atoms with Gasteiger partial charge in [0.05, 0.1) is 17.7 Å². The minimum Gasteiger partial charge on any atom is -0.492 e. The summed E-state index contributed by atoms with van der Waals surface area (Å²) in [5, 5.41) is 10.7. The zero-order chi connectivity index (χ0) is 15.4. The topological polar surface area (TPSA) is 100 Å². The molecule has 2 rings (SSSR count). The second-order valence-electron chi connectivity index (χ2n) is 4.54. The quantitative estimate of drug-likeness (QED) is 0.513. The number of benzene rings is 1. The van der Waals surface area contributed by atoms with Crippen LogP contribution in [0.2, 0.25) is 0 Å². The predicted octanol–water partition coefficient (Wildman–Crippen LogP) is 1.73. The summed E-state index contributed by atoms with van der Waals surface area (Å²) in [5.74, 6) is 0.639. The molecule has 0 atom stereocenters. The largest absolute Gasteiger partial charge is 0.492 e. The minimum atomic E-state index is -0.542. The van der Waals surface area contributed by atoms with E-state index in [0.29, 0.717) is 11.4 Å². The molecule has 0 spiro atoms. The van der Waals surface area contributed by atoms with E-state index in [1.54, 1.807) is 18.2 Å². The van der Waals surface area contributed by atoms with Crippen LogP contribution in [0.1, 0.15) is 5.56 Å². The van der Waals surface area contributed by atoms with E-state index in [-0.39, 0.29) is 24.4 Å². The smallest absolute Gasteiger partial charge is 0.285 e. The van der Waals surface area contributed by atoms with E-state index in [2.05, 4.69) is 0 Å². The Balaban J connectivity index is 2.03. The van der Waals surface area contributed by atoms with Crippen LogP contribution in [0.25, 0.3) is 0 Å². The maximum absolute atomic E-state index is 11.6. The van der Waals surface area contributed by atoms with Crippen LogP contribution in [0.5, 0.6) is 5.75 Å². The number of pyridine rings is 1. The van der Waals surface area contributed by atoms with Gasteiger partial charge in [0.2, 0.25) is 0 Å². The van der Waals surface area contributed by atoms with Gasteiger partial charge in [0, 0.05) is 17.8 Å². The highest BCUT2D eigenvalue weighted by atomic mass is 16.6. The molecule has 0 aliphatic heterocycles. The number of hydrogen-bond acceptors (Lipinski definition) is 5. The lowest BCUT2D eigenvalue weighted by Crippen LogP contribution is -2.22. The normalized spacial score (nSPS) is 10.3. The first kappa shape index (κ1) is 14.6. The molecule has 0 saturated carbocycles. The number of nitrogen functional groups attached to an aromatic ring is 1. The second kappa shape index (κ2) is 6.08. The van der Waals surface area contributed by atoms with Gasteiger partial charge in [0.25, 0.3) is 11.2 Å². The Morgan fingerprint density at radius 2 is 2.10 bits per heavy atom. The van der Waals surface area contributed by atoms with E-state index in [9.17, 15) is 14.9 Å². The molecule has 1 aromatic carbocycles. The maximum atomic E-state index is 11.6. The van der Waals surface area contributed by atoms with Crippen molar-refractivity contribution in [3.63, 3.8) is 0 Å². The molecule has 1 aromatic heterocycles. The van der Waals surface area contributed by atoms with Crippen molar-refractivity contribution in [1.82, 2.24) is 4.57 Å². The third-order valence-corrected chi connectivity index (χ3v) is 3.02. The summed E-state index contributed by atoms with van der Waals surface area (Å²) in [4.78, 5) is 21.7. The van der Waals surface area contributed by atoms with Crippen LogP contribution in [0.15, 0.2) is 41.3 Å². The lowest BCUT2D eigenvalue weighted by Gasteiger charge is -2.09. The molecule has 0 aliphatic carbocycles. The van der Waals surface area contributed by atoms with Gasteiger partial charge in [0.15, 0.2) is 0 Å². The first-order valence-electron chi connectivity index (χ1n) is 6.31. The molecule has 7 nitrogen and oxygen atoms in total. The van der Waals surface area contributed by atoms with Crippen LogP contribution in [0.3, 0.4) is 0 Å². The second-order valence-corrected chi connectivity index (χ2v) is 4.54. The molecule has 1 heterocycles. The van der Waals surface area contributed by atoms with E-state index < -0.39 is 4.92 Å². The summed E-state index contributed by atoms with van der Waals surface area (Å²) in [5.41, 5.74) is 6.85. The van der Waals surface area contributed by atoms with Gasteiger partial charge in [-0.3, -0.25) is 14.9 Å². The first-order chi connectivity index (χ1) is 9.97. The Hall–Kier alpha value is -2.83. The number of anilines is 1. The predicted molar refractivity (Wildman–Crippen MR) is 78.4 cm³/mol. The highest BCUT2D eigenvalue weighted by molar-refractivity contribution is 5.49. The minimum absolute atomic E-state index is 0.127. The Morgan fingerprint density at radius 3 is 2.76 bits per heavy atom. The van der Waals surface area contributed by atoms with Gasteiger partial charge >= 0.3 is 0 Å². The first-order valence-corrected chi connectivity index (χ1v) is 6.31. The van der Waals surface area contributed by atoms with Gasteiger partial charge in [-0.15, -0.1) is 0 Å². The van der Waals surface area contributed by atoms with Crippen LogP contribution in [0, 0.1) is 17.0 Å². The number of nitrogens with two attached hydrogens (primary N) is 1. The number of aromatic nitrogens is 1. The van der Waals surface area contributed by atoms with Crippen LogP contribution in [-0.2, 0) is 6.54 Å². The molecule has 21 heavy (non-hydrogen) atoms. The van der Waals surface area contributed by atoms with Crippen molar-refractivity contribution < 1.29 is 9.66 Å². The standard InChI is InChI=1S/C14H15N3O4/c1-10-8-12(3-4-13(10)15)21-7-6-16-9-11(17(19)20)2-5-14(16)18/h2-5,8-9H,6-7,15H2,1H3. The fourth-order valence-corrected chi connectivity index (χ4v) is 1.80. The number of nitrogens with zero attached hydrogens (tertiary/aromatic N) is 2. The summed E-state index contributed by atoms with van der Waals surface area (Å²) in [6.45, 7) is 2.32. The zero-order valence-electron chi connectivity index (χ0n) is 11.5. The number of aryl methyl sites for hydroxylation is 1. The molecular weight excluding hydrogens is 274 g/mol. The molecule has 2 N–H and O–H groups in total. The van der Waals surface area contributed by atoms with Crippen LogP contribution >= 0.6 is 0 Å². The van der Waals surface area contributed by atoms with Crippen molar-refractivity contribution in [1.29, 1.82) is 0 Å². The van der Waals surface area contributed by atoms with E-state index in [0.717, 1.165) is 5.56 Å². The van der Waals surface area contributed by atoms with E-state index in [1.165, 1.54) is 22.9 Å². The van der Waals surface area contributed by atoms with Gasteiger partial charge < -0.3 is 15.0 Å². The van der Waals surface area contributed by atoms with Crippen molar-refractivity contribution >= 4 is 11.4 Å². The third-order valence-electron chi connectivity index (χ3n) is 3.02. The number of hydrogen-bond donors (Lipinski definition) is 1. The number of ether oxygens (including phenoxy) is 1. The molecule has 0 unspecified atom stereocenters. The summed E-state index contributed by atoms with van der Waals surface area (Å²) in [6, 6.07) is 7.63. The lowest BCUT2D eigenvalue weighted by molar-refractivity contribution is -0.385. The molecule has 0 radical (unpaired) electrons. The average Bonchev–Trinajstić information content (AvgIpc) is 2.44. The Kier molecular flexibility index (Phi) is 4.22. The molecule has 2 aromatic rings. The number of nitro groups is 1. The molecule has 7 heteroatoms. The Labute approximate surface area is 120 Å². The SMILES string of the molecule is Cc1cc(OCCn2cc([N+](=O)[O-])ccc2=O)ccc1N. The monoisotopic (exact) mass is 289 g/mol. The molecule has 0 amide bonds. The Morgan fingerprint density at radius 1 is 1.33 bits per heavy atom. The highest BCUT2D eigenvalue weighted by Gasteiger charge is 2.07. The highest BCUT2D eigenvalue weighted by Crippen LogP contribution is 2.18. The van der Waals surface area contributed by atoms with Crippen molar-refractivity contribution in [2.45, 2.75) is 13.5 Å². The van der Waals surface area contributed by atoms with Crippen molar-refractivity contribution in [3.8, 4) is 5.75 Å². The molecular formula is C14H15N3O4. The van der Waals surface area contributed by atoms with E-state index >= 15 is 0 Å². The fourth-order valence-electron chi connectivity index (χ4n) is 1.80. The van der Waals surface area contributed by atoms with E-state index in [1.807, 2.05) is 6.92 Å². The summed E-state index contributed by atoms with van der Waals surface area (Å²) in [6.07, 6.45) is 1.21. The van der Waals surface area contributed by atoms with Crippen LogP contribution in [0.4, 0.5) is 11.4 Å². The summed E-state index contributed by atoms with van der Waals surface area (Å²) >= 11 is 0. The lowest BCUT2D eigenvalue weighted by atomic mass is 10.2. The van der Waals surface area contributed by atoms with Gasteiger partial charge in [-0.05, 0) is 30.7 Å². The van der Waals surface area contributed by atoms with Crippen LogP contribution in [-0.4, -0.2) is 16.1 Å². The summed E-state index contributed by atoms with van der Waals surface area (Å²) < 4.78 is 6.77. The van der Waals surface area contributed by atoms with Gasteiger partial charge in [0.1, 0.15) is 12.4 Å². The van der Waals surface area contributed by atoms with Crippen molar-refractivity contribution in [2.75, 3.05) is 12.3 Å². The molecule has 0 bridgehead atoms. The fraction of sp³-hybridized carbons (Fsp3) is 0.214. The van der Waals surface area contributed by atoms with E-state index in [4.69, 9.17) is 10.5 Å². The summed E-state index contributed by atoms with van der Waals surface area (Å²) in [7, 11) is 0. The third kappa shape index (κ3) is 3.59. The maximum Gasteiger partial charge on any atom is 0.285 e.